The second-order valence-electron chi connectivity index (χ2n) is 3.45. The number of fused-ring (bicyclic) bond motifs is 1. The van der Waals surface area contributed by atoms with Crippen LogP contribution in [0.4, 0.5) is 0 Å². The summed E-state index contributed by atoms with van der Waals surface area (Å²) in [5.41, 5.74) is 2.37. The molecule has 0 atom stereocenters. The van der Waals surface area contributed by atoms with E-state index < -0.39 is 0 Å². The Hall–Kier alpha value is -1.51. The van der Waals surface area contributed by atoms with Crippen LogP contribution in [0, 0.1) is 0 Å². The average Bonchev–Trinajstić information content (AvgIpc) is 2.61. The minimum absolute atomic E-state index is 0.00162. The van der Waals surface area contributed by atoms with E-state index >= 15 is 0 Å². The maximum absolute atomic E-state index is 10.7. The fourth-order valence-corrected chi connectivity index (χ4v) is 1.58. The van der Waals surface area contributed by atoms with Gasteiger partial charge in [-0.05, 0) is 17.2 Å². The van der Waals surface area contributed by atoms with Gasteiger partial charge in [0.15, 0.2) is 0 Å². The third kappa shape index (κ3) is 1.87. The summed E-state index contributed by atoms with van der Waals surface area (Å²) in [6, 6.07) is 6.05. The Bertz CT molecular complexity index is 360. The zero-order valence-electron chi connectivity index (χ0n) is 8.17. The minimum atomic E-state index is 0.00162. The molecule has 3 nitrogen and oxygen atoms in total. The first-order valence-corrected chi connectivity index (χ1v) is 4.75. The number of ether oxygens (including phenoxy) is 1. The van der Waals surface area contributed by atoms with Gasteiger partial charge in [0.1, 0.15) is 5.75 Å². The van der Waals surface area contributed by atoms with Crippen LogP contribution in [0.1, 0.15) is 18.1 Å². The second-order valence-corrected chi connectivity index (χ2v) is 3.45. The lowest BCUT2D eigenvalue weighted by Crippen LogP contribution is -2.18. The van der Waals surface area contributed by atoms with E-state index in [0.717, 1.165) is 24.3 Å². The molecular weight excluding hydrogens is 178 g/mol. The topological polar surface area (TPSA) is 38.3 Å². The van der Waals surface area contributed by atoms with Gasteiger partial charge in [0.2, 0.25) is 5.91 Å². The Morgan fingerprint density at radius 2 is 2.43 bits per heavy atom. The summed E-state index contributed by atoms with van der Waals surface area (Å²) in [7, 11) is 0. The number of hydrogen-bond acceptors (Lipinski definition) is 2. The molecule has 0 spiro atoms. The first kappa shape index (κ1) is 9.06. The van der Waals surface area contributed by atoms with E-state index in [1.54, 1.807) is 0 Å². The summed E-state index contributed by atoms with van der Waals surface area (Å²) in [6.45, 7) is 2.90. The van der Waals surface area contributed by atoms with Crippen LogP contribution in [0.5, 0.6) is 5.75 Å². The first-order chi connectivity index (χ1) is 6.75. The molecule has 3 heteroatoms. The molecule has 0 radical (unpaired) electrons. The Balaban J connectivity index is 2.09. The maximum Gasteiger partial charge on any atom is 0.217 e. The lowest BCUT2D eigenvalue weighted by molar-refractivity contribution is -0.119. The molecule has 0 saturated heterocycles. The Kier molecular flexibility index (Phi) is 2.39. The van der Waals surface area contributed by atoms with Crippen molar-refractivity contribution in [3.05, 3.63) is 29.3 Å². The summed E-state index contributed by atoms with van der Waals surface area (Å²) in [5.74, 6) is 0.985. The highest BCUT2D eigenvalue weighted by Crippen LogP contribution is 2.25. The Morgan fingerprint density at radius 3 is 3.21 bits per heavy atom. The quantitative estimate of drug-likeness (QED) is 0.764. The zero-order chi connectivity index (χ0) is 9.97. The minimum Gasteiger partial charge on any atom is -0.493 e. The van der Waals surface area contributed by atoms with E-state index in [2.05, 4.69) is 11.4 Å². The van der Waals surface area contributed by atoms with Gasteiger partial charge in [-0.15, -0.1) is 0 Å². The van der Waals surface area contributed by atoms with E-state index in [1.807, 2.05) is 12.1 Å². The van der Waals surface area contributed by atoms with E-state index in [-0.39, 0.29) is 5.91 Å². The number of carbonyl (C=O) groups is 1. The number of benzene rings is 1. The van der Waals surface area contributed by atoms with Crippen LogP contribution >= 0.6 is 0 Å². The molecule has 0 saturated carbocycles. The van der Waals surface area contributed by atoms with E-state index in [4.69, 9.17) is 4.74 Å². The van der Waals surface area contributed by atoms with Crippen molar-refractivity contribution >= 4 is 5.91 Å². The van der Waals surface area contributed by atoms with E-state index in [9.17, 15) is 4.79 Å². The van der Waals surface area contributed by atoms with Crippen LogP contribution in [-0.2, 0) is 17.8 Å². The molecule has 14 heavy (non-hydrogen) atoms. The number of hydrogen-bond donors (Lipinski definition) is 1. The summed E-state index contributed by atoms with van der Waals surface area (Å²) in [4.78, 5) is 10.7. The summed E-state index contributed by atoms with van der Waals surface area (Å²) >= 11 is 0. The standard InChI is InChI=1S/C11H13NO2/c1-8(13)12-7-9-2-3-11-10(6-9)4-5-14-11/h2-3,6H,4-5,7H2,1H3,(H,12,13). The summed E-state index contributed by atoms with van der Waals surface area (Å²) < 4.78 is 5.39. The molecule has 1 aromatic carbocycles. The van der Waals surface area contributed by atoms with Crippen LogP contribution < -0.4 is 10.1 Å². The van der Waals surface area contributed by atoms with Crippen LogP contribution in [0.3, 0.4) is 0 Å². The fourth-order valence-electron chi connectivity index (χ4n) is 1.58. The molecule has 1 aliphatic rings. The van der Waals surface area contributed by atoms with Gasteiger partial charge >= 0.3 is 0 Å². The average molecular weight is 191 g/mol. The number of nitrogens with one attached hydrogen (secondary N) is 1. The zero-order valence-corrected chi connectivity index (χ0v) is 8.17. The van der Waals surface area contributed by atoms with Crippen molar-refractivity contribution in [2.75, 3.05) is 6.61 Å². The normalized spacial score (nSPS) is 13.2. The molecule has 0 aromatic heterocycles. The predicted molar refractivity (Wildman–Crippen MR) is 53.2 cm³/mol. The lowest BCUT2D eigenvalue weighted by Gasteiger charge is -2.04. The van der Waals surface area contributed by atoms with Crippen molar-refractivity contribution in [1.29, 1.82) is 0 Å². The molecule has 1 amide bonds. The summed E-state index contributed by atoms with van der Waals surface area (Å²) in [5, 5.41) is 2.77. The molecule has 1 heterocycles. The first-order valence-electron chi connectivity index (χ1n) is 4.75. The largest absolute Gasteiger partial charge is 0.493 e. The maximum atomic E-state index is 10.7. The fraction of sp³-hybridized carbons (Fsp3) is 0.364. The van der Waals surface area contributed by atoms with Crippen molar-refractivity contribution < 1.29 is 9.53 Å². The van der Waals surface area contributed by atoms with Gasteiger partial charge in [-0.3, -0.25) is 4.79 Å². The van der Waals surface area contributed by atoms with E-state index in [1.165, 1.54) is 12.5 Å². The Labute approximate surface area is 83.1 Å². The van der Waals surface area contributed by atoms with Gasteiger partial charge in [-0.1, -0.05) is 12.1 Å². The molecule has 0 bridgehead atoms. The van der Waals surface area contributed by atoms with Gasteiger partial charge in [0.25, 0.3) is 0 Å². The SMILES string of the molecule is CC(=O)NCc1ccc2c(c1)CCO2. The number of rotatable bonds is 2. The van der Waals surface area contributed by atoms with Gasteiger partial charge in [-0.25, -0.2) is 0 Å². The Morgan fingerprint density at radius 1 is 1.57 bits per heavy atom. The van der Waals surface area contributed by atoms with Crippen LogP contribution in [0.25, 0.3) is 0 Å². The highest BCUT2D eigenvalue weighted by atomic mass is 16.5. The molecule has 1 aromatic rings. The molecule has 0 fully saturated rings. The second kappa shape index (κ2) is 3.70. The van der Waals surface area contributed by atoms with Crippen LogP contribution in [-0.4, -0.2) is 12.5 Å². The molecule has 0 aliphatic carbocycles. The summed E-state index contributed by atoms with van der Waals surface area (Å²) in [6.07, 6.45) is 0.975. The highest BCUT2D eigenvalue weighted by molar-refractivity contribution is 5.72. The van der Waals surface area contributed by atoms with Crippen molar-refractivity contribution in [3.63, 3.8) is 0 Å². The van der Waals surface area contributed by atoms with Crippen molar-refractivity contribution in [3.8, 4) is 5.75 Å². The third-order valence-corrected chi connectivity index (χ3v) is 2.30. The van der Waals surface area contributed by atoms with Crippen LogP contribution in [0.2, 0.25) is 0 Å². The predicted octanol–water partition coefficient (Wildman–Crippen LogP) is 1.26. The number of amides is 1. The van der Waals surface area contributed by atoms with Gasteiger partial charge in [0, 0.05) is 19.9 Å². The smallest absolute Gasteiger partial charge is 0.217 e. The van der Waals surface area contributed by atoms with Crippen LogP contribution in [0.15, 0.2) is 18.2 Å². The molecule has 1 N–H and O–H groups in total. The monoisotopic (exact) mass is 191 g/mol. The molecule has 74 valence electrons. The molecule has 2 rings (SSSR count). The molecule has 1 aliphatic heterocycles. The van der Waals surface area contributed by atoms with Crippen molar-refractivity contribution in [1.82, 2.24) is 5.32 Å². The van der Waals surface area contributed by atoms with Gasteiger partial charge in [0.05, 0.1) is 6.61 Å². The highest BCUT2D eigenvalue weighted by Gasteiger charge is 2.11. The van der Waals surface area contributed by atoms with E-state index in [0.29, 0.717) is 6.54 Å². The number of carbonyl (C=O) groups excluding carboxylic acids is 1. The molecule has 0 unspecified atom stereocenters. The lowest BCUT2D eigenvalue weighted by atomic mass is 10.1. The third-order valence-electron chi connectivity index (χ3n) is 2.30. The molecular formula is C11H13NO2. The van der Waals surface area contributed by atoms with Gasteiger partial charge in [-0.2, -0.15) is 0 Å². The van der Waals surface area contributed by atoms with Gasteiger partial charge < -0.3 is 10.1 Å². The van der Waals surface area contributed by atoms with Crippen molar-refractivity contribution in [2.24, 2.45) is 0 Å². The van der Waals surface area contributed by atoms with Crippen molar-refractivity contribution in [2.45, 2.75) is 19.9 Å².